The molecule has 0 spiro atoms. The molecular formula is C31H31BCl2O4. The molecule has 0 N–H and O–H groups in total. The van der Waals surface area contributed by atoms with Crippen LogP contribution in [-0.4, -0.2) is 31.4 Å². The minimum Gasteiger partial charge on any atom is -0.465 e. The molecule has 0 radical (unpaired) electrons. The number of halogens is 2. The van der Waals surface area contributed by atoms with E-state index in [1.54, 1.807) is 6.07 Å². The monoisotopic (exact) mass is 548 g/mol. The molecule has 0 amide bonds. The third-order valence-corrected chi connectivity index (χ3v) is 8.50. The Morgan fingerprint density at radius 3 is 2.16 bits per heavy atom. The van der Waals surface area contributed by atoms with Gasteiger partial charge in [-0.2, -0.15) is 0 Å². The van der Waals surface area contributed by atoms with E-state index in [1.165, 1.54) is 7.11 Å². The number of ether oxygens (including phenoxy) is 1. The molecule has 1 fully saturated rings. The standard InChI is InChI=1S/C31H31BCl2O4/c1-30(2)31(3,4)38-32(37-30)22-12-9-19(10-13-22)28-24-15-11-21(29(35)36-5)17-20(24)7-6-8-26(28)25-16-14-23(33)18-27(25)34/h9-18H,6-8H2,1-5H3. The van der Waals surface area contributed by atoms with E-state index < -0.39 is 18.3 Å². The highest BCUT2D eigenvalue weighted by Gasteiger charge is 2.51. The number of methoxy groups -OCH3 is 1. The molecule has 2 aliphatic rings. The van der Waals surface area contributed by atoms with Crippen LogP contribution < -0.4 is 5.46 Å². The average molecular weight is 549 g/mol. The van der Waals surface area contributed by atoms with Crippen LogP contribution in [0.1, 0.15) is 73.1 Å². The van der Waals surface area contributed by atoms with Gasteiger partial charge in [-0.15, -0.1) is 0 Å². The first-order chi connectivity index (χ1) is 18.0. The summed E-state index contributed by atoms with van der Waals surface area (Å²) >= 11 is 13.0. The molecule has 38 heavy (non-hydrogen) atoms. The van der Waals surface area contributed by atoms with Crippen LogP contribution in [-0.2, 0) is 20.5 Å². The Morgan fingerprint density at radius 2 is 1.53 bits per heavy atom. The molecule has 0 bridgehead atoms. The Bertz CT molecular complexity index is 1410. The highest BCUT2D eigenvalue weighted by atomic mass is 35.5. The molecular weight excluding hydrogens is 518 g/mol. The molecule has 1 heterocycles. The first kappa shape index (κ1) is 27.0. The second-order valence-corrected chi connectivity index (χ2v) is 11.7. The van der Waals surface area contributed by atoms with E-state index in [2.05, 4.69) is 52.0 Å². The molecule has 1 saturated heterocycles. The van der Waals surface area contributed by atoms with Gasteiger partial charge >= 0.3 is 13.1 Å². The molecule has 4 nitrogen and oxygen atoms in total. The van der Waals surface area contributed by atoms with Crippen molar-refractivity contribution in [3.63, 3.8) is 0 Å². The molecule has 3 aromatic rings. The Balaban J connectivity index is 1.64. The van der Waals surface area contributed by atoms with Crippen molar-refractivity contribution in [2.24, 2.45) is 0 Å². The zero-order valence-electron chi connectivity index (χ0n) is 22.4. The van der Waals surface area contributed by atoms with Crippen molar-refractivity contribution in [3.05, 3.63) is 98.5 Å². The summed E-state index contributed by atoms with van der Waals surface area (Å²) in [5, 5.41) is 1.22. The summed E-state index contributed by atoms with van der Waals surface area (Å²) in [4.78, 5) is 12.3. The van der Waals surface area contributed by atoms with Gasteiger partial charge in [0, 0.05) is 10.0 Å². The largest absolute Gasteiger partial charge is 0.494 e. The zero-order chi connectivity index (χ0) is 27.2. The first-order valence-corrected chi connectivity index (χ1v) is 13.6. The van der Waals surface area contributed by atoms with E-state index in [-0.39, 0.29) is 5.97 Å². The van der Waals surface area contributed by atoms with Gasteiger partial charge in [0.25, 0.3) is 0 Å². The van der Waals surface area contributed by atoms with Crippen molar-refractivity contribution in [1.82, 2.24) is 0 Å². The predicted octanol–water partition coefficient (Wildman–Crippen LogP) is 7.37. The average Bonchev–Trinajstić information content (AvgIpc) is 3.00. The summed E-state index contributed by atoms with van der Waals surface area (Å²) in [6, 6.07) is 19.8. The molecule has 1 aliphatic heterocycles. The van der Waals surface area contributed by atoms with Crippen molar-refractivity contribution in [2.75, 3.05) is 7.11 Å². The molecule has 0 saturated carbocycles. The van der Waals surface area contributed by atoms with Crippen molar-refractivity contribution in [2.45, 2.75) is 58.2 Å². The maximum Gasteiger partial charge on any atom is 0.494 e. The van der Waals surface area contributed by atoms with Gasteiger partial charge < -0.3 is 14.0 Å². The van der Waals surface area contributed by atoms with Gasteiger partial charge in [0.15, 0.2) is 0 Å². The lowest BCUT2D eigenvalue weighted by Gasteiger charge is -2.32. The van der Waals surface area contributed by atoms with Crippen molar-refractivity contribution in [1.29, 1.82) is 0 Å². The number of fused-ring (bicyclic) bond motifs is 1. The summed E-state index contributed by atoms with van der Waals surface area (Å²) in [6.07, 6.45) is 2.59. The number of hydrogen-bond acceptors (Lipinski definition) is 4. The maximum absolute atomic E-state index is 12.3. The van der Waals surface area contributed by atoms with Crippen molar-refractivity contribution < 1.29 is 18.8 Å². The molecule has 0 atom stereocenters. The first-order valence-electron chi connectivity index (χ1n) is 12.9. The summed E-state index contributed by atoms with van der Waals surface area (Å²) in [6.45, 7) is 8.22. The van der Waals surface area contributed by atoms with Gasteiger partial charge in [0.2, 0.25) is 0 Å². The number of rotatable bonds is 4. The second-order valence-electron chi connectivity index (χ2n) is 10.9. The lowest BCUT2D eigenvalue weighted by Crippen LogP contribution is -2.41. The fraction of sp³-hybridized carbons (Fsp3) is 0.323. The topological polar surface area (TPSA) is 44.8 Å². The van der Waals surface area contributed by atoms with Crippen molar-refractivity contribution in [3.8, 4) is 0 Å². The SMILES string of the molecule is COC(=O)c1ccc2c(c1)CCCC(c1ccc(Cl)cc1Cl)=C2c1ccc(B2OC(C)(C)C(C)(C)O2)cc1. The van der Waals surface area contributed by atoms with Gasteiger partial charge in [0.05, 0.1) is 23.9 Å². The normalized spacial score (nSPS) is 18.2. The van der Waals surface area contributed by atoms with Crippen LogP contribution in [0, 0.1) is 0 Å². The summed E-state index contributed by atoms with van der Waals surface area (Å²) in [5.74, 6) is -0.338. The van der Waals surface area contributed by atoms with Crippen LogP contribution in [0.15, 0.2) is 60.7 Å². The number of allylic oxidation sites excluding steroid dienone is 1. The summed E-state index contributed by atoms with van der Waals surface area (Å²) in [5.41, 5.74) is 7.16. The maximum atomic E-state index is 12.3. The summed E-state index contributed by atoms with van der Waals surface area (Å²) < 4.78 is 17.5. The third-order valence-electron chi connectivity index (χ3n) is 7.95. The minimum absolute atomic E-state index is 0.338. The van der Waals surface area contributed by atoms with E-state index in [0.717, 1.165) is 58.1 Å². The fourth-order valence-corrected chi connectivity index (χ4v) is 5.67. The van der Waals surface area contributed by atoms with Crippen LogP contribution in [0.5, 0.6) is 0 Å². The Hall–Kier alpha value is -2.57. The molecule has 0 unspecified atom stereocenters. The molecule has 3 aromatic carbocycles. The molecule has 5 rings (SSSR count). The number of aryl methyl sites for hydroxylation is 1. The van der Waals surface area contributed by atoms with Gasteiger partial charge in [-0.1, -0.05) is 59.6 Å². The molecule has 0 aromatic heterocycles. The van der Waals surface area contributed by atoms with E-state index in [4.69, 9.17) is 37.2 Å². The summed E-state index contributed by atoms with van der Waals surface area (Å²) in [7, 11) is 0.971. The van der Waals surface area contributed by atoms with Crippen LogP contribution in [0.25, 0.3) is 11.1 Å². The number of benzene rings is 3. The van der Waals surface area contributed by atoms with E-state index in [9.17, 15) is 4.79 Å². The Labute approximate surface area is 235 Å². The van der Waals surface area contributed by atoms with Gasteiger partial charge in [-0.05, 0) is 110 Å². The van der Waals surface area contributed by atoms with E-state index in [0.29, 0.717) is 15.6 Å². The fourth-order valence-electron chi connectivity index (χ4n) is 5.15. The minimum atomic E-state index is -0.433. The lowest BCUT2D eigenvalue weighted by molar-refractivity contribution is 0.00578. The van der Waals surface area contributed by atoms with Gasteiger partial charge in [-0.25, -0.2) is 4.79 Å². The zero-order valence-corrected chi connectivity index (χ0v) is 23.9. The van der Waals surface area contributed by atoms with Gasteiger partial charge in [-0.3, -0.25) is 0 Å². The van der Waals surface area contributed by atoms with Crippen LogP contribution in [0.4, 0.5) is 0 Å². The number of carbonyl (C=O) groups excluding carboxylic acids is 1. The smallest absolute Gasteiger partial charge is 0.465 e. The van der Waals surface area contributed by atoms with Crippen LogP contribution in [0.3, 0.4) is 0 Å². The van der Waals surface area contributed by atoms with Crippen LogP contribution in [0.2, 0.25) is 10.0 Å². The van der Waals surface area contributed by atoms with E-state index >= 15 is 0 Å². The quantitative estimate of drug-likeness (QED) is 0.252. The number of hydrogen-bond donors (Lipinski definition) is 0. The van der Waals surface area contributed by atoms with Crippen LogP contribution >= 0.6 is 23.2 Å². The lowest BCUT2D eigenvalue weighted by atomic mass is 9.78. The number of carbonyl (C=O) groups is 1. The van der Waals surface area contributed by atoms with E-state index in [1.807, 2.05) is 30.3 Å². The third kappa shape index (κ3) is 4.93. The Kier molecular flexibility index (Phi) is 7.25. The molecule has 7 heteroatoms. The molecule has 1 aliphatic carbocycles. The number of esters is 1. The molecule has 196 valence electrons. The second kappa shape index (κ2) is 10.2. The van der Waals surface area contributed by atoms with Crippen molar-refractivity contribution >= 4 is 52.9 Å². The Morgan fingerprint density at radius 1 is 0.868 bits per heavy atom. The predicted molar refractivity (Wildman–Crippen MR) is 155 cm³/mol. The highest BCUT2D eigenvalue weighted by Crippen LogP contribution is 2.42. The van der Waals surface area contributed by atoms with Gasteiger partial charge in [0.1, 0.15) is 0 Å². The highest BCUT2D eigenvalue weighted by molar-refractivity contribution is 6.62.